The SMILES string of the molecule is O=C(CN1CCNCCN(CC(=O)N2CCCCC2)Cc2cccc(n2)C1)N1CCCCC1. The fraction of sp³-hybridized carbons (Fsp3) is 0.720. The van der Waals surface area contributed by atoms with Crippen LogP contribution in [0.2, 0.25) is 0 Å². The van der Waals surface area contributed by atoms with E-state index in [0.29, 0.717) is 26.2 Å². The fourth-order valence-corrected chi connectivity index (χ4v) is 5.06. The average Bonchev–Trinajstić information content (AvgIpc) is 2.84. The summed E-state index contributed by atoms with van der Waals surface area (Å²) in [5, 5.41) is 3.52. The first kappa shape index (κ1) is 24.1. The molecule has 0 unspecified atom stereocenters. The molecule has 0 radical (unpaired) electrons. The van der Waals surface area contributed by atoms with Crippen LogP contribution < -0.4 is 5.32 Å². The molecule has 0 aromatic carbocycles. The lowest BCUT2D eigenvalue weighted by Gasteiger charge is -2.31. The van der Waals surface area contributed by atoms with Crippen molar-refractivity contribution in [3.8, 4) is 0 Å². The van der Waals surface area contributed by atoms with Crippen LogP contribution >= 0.6 is 0 Å². The molecule has 2 amide bonds. The summed E-state index contributed by atoms with van der Waals surface area (Å²) < 4.78 is 0. The Morgan fingerprint density at radius 1 is 0.697 bits per heavy atom. The highest BCUT2D eigenvalue weighted by atomic mass is 16.2. The summed E-state index contributed by atoms with van der Waals surface area (Å²) in [6, 6.07) is 6.14. The Bertz CT molecular complexity index is 717. The standard InChI is InChI=1S/C25H40N6O2/c32-24(30-12-3-1-4-13-30)20-28-16-10-26-11-17-29(19-23-9-7-8-22(18-28)27-23)21-25(33)31-14-5-2-6-15-31/h7-9,26H,1-6,10-21H2. The third kappa shape index (κ3) is 7.48. The van der Waals surface area contributed by atoms with Gasteiger partial charge in [-0.2, -0.15) is 0 Å². The molecule has 8 nitrogen and oxygen atoms in total. The third-order valence-electron chi connectivity index (χ3n) is 6.98. The van der Waals surface area contributed by atoms with Crippen molar-refractivity contribution < 1.29 is 9.59 Å². The third-order valence-corrected chi connectivity index (χ3v) is 6.98. The van der Waals surface area contributed by atoms with Crippen LogP contribution in [0.4, 0.5) is 0 Å². The largest absolute Gasteiger partial charge is 0.342 e. The molecule has 1 N–H and O–H groups in total. The topological polar surface area (TPSA) is 72.0 Å². The van der Waals surface area contributed by atoms with Gasteiger partial charge in [0.25, 0.3) is 0 Å². The van der Waals surface area contributed by atoms with Crippen LogP contribution in [0.1, 0.15) is 49.9 Å². The van der Waals surface area contributed by atoms with E-state index < -0.39 is 0 Å². The van der Waals surface area contributed by atoms with Gasteiger partial charge in [0.05, 0.1) is 24.5 Å². The molecule has 4 heterocycles. The summed E-state index contributed by atoms with van der Waals surface area (Å²) in [6.07, 6.45) is 6.94. The normalized spacial score (nSPS) is 21.8. The quantitative estimate of drug-likeness (QED) is 0.737. The van der Waals surface area contributed by atoms with Crippen molar-refractivity contribution >= 4 is 11.8 Å². The number of fused-ring (bicyclic) bond motifs is 2. The Labute approximate surface area is 198 Å². The molecule has 1 aromatic heterocycles. The zero-order chi connectivity index (χ0) is 22.9. The number of amides is 2. The van der Waals surface area contributed by atoms with Crippen molar-refractivity contribution in [3.05, 3.63) is 29.6 Å². The summed E-state index contributed by atoms with van der Waals surface area (Å²) >= 11 is 0. The van der Waals surface area contributed by atoms with Crippen molar-refractivity contribution in [2.45, 2.75) is 51.6 Å². The molecule has 2 fully saturated rings. The summed E-state index contributed by atoms with van der Waals surface area (Å²) in [7, 11) is 0. The minimum Gasteiger partial charge on any atom is -0.342 e. The zero-order valence-electron chi connectivity index (χ0n) is 20.0. The minimum atomic E-state index is 0.236. The second-order valence-electron chi connectivity index (χ2n) is 9.67. The highest BCUT2D eigenvalue weighted by Crippen LogP contribution is 2.13. The lowest BCUT2D eigenvalue weighted by molar-refractivity contribution is -0.134. The molecule has 182 valence electrons. The van der Waals surface area contributed by atoms with Gasteiger partial charge in [-0.25, -0.2) is 0 Å². The van der Waals surface area contributed by atoms with Gasteiger partial charge in [0, 0.05) is 65.4 Å². The highest BCUT2D eigenvalue weighted by Gasteiger charge is 2.22. The number of piperidine rings is 2. The molecule has 0 saturated carbocycles. The average molecular weight is 457 g/mol. The predicted molar refractivity (Wildman–Crippen MR) is 129 cm³/mol. The van der Waals surface area contributed by atoms with Gasteiger partial charge in [-0.05, 0) is 50.7 Å². The molecule has 33 heavy (non-hydrogen) atoms. The van der Waals surface area contributed by atoms with Crippen LogP contribution in [0.3, 0.4) is 0 Å². The smallest absolute Gasteiger partial charge is 0.236 e. The van der Waals surface area contributed by atoms with Crippen LogP contribution in [-0.4, -0.2) is 102 Å². The molecular weight excluding hydrogens is 416 g/mol. The van der Waals surface area contributed by atoms with Crippen LogP contribution in [0.15, 0.2) is 18.2 Å². The van der Waals surface area contributed by atoms with E-state index in [2.05, 4.69) is 21.2 Å². The van der Waals surface area contributed by atoms with Gasteiger partial charge in [-0.15, -0.1) is 0 Å². The minimum absolute atomic E-state index is 0.236. The summed E-state index contributed by atoms with van der Waals surface area (Å²) in [4.78, 5) is 39.1. The van der Waals surface area contributed by atoms with Gasteiger partial charge in [0.15, 0.2) is 0 Å². The summed E-state index contributed by atoms with van der Waals surface area (Å²) in [5.41, 5.74) is 1.98. The van der Waals surface area contributed by atoms with Crippen LogP contribution in [-0.2, 0) is 22.7 Å². The van der Waals surface area contributed by atoms with E-state index >= 15 is 0 Å². The van der Waals surface area contributed by atoms with E-state index in [1.54, 1.807) is 0 Å². The van der Waals surface area contributed by atoms with Gasteiger partial charge < -0.3 is 15.1 Å². The van der Waals surface area contributed by atoms with Crippen LogP contribution in [0.25, 0.3) is 0 Å². The number of likely N-dealkylation sites (tertiary alicyclic amines) is 2. The number of aromatic nitrogens is 1. The molecule has 4 rings (SSSR count). The van der Waals surface area contributed by atoms with Gasteiger partial charge in [-0.1, -0.05) is 6.07 Å². The maximum atomic E-state index is 12.8. The zero-order valence-corrected chi connectivity index (χ0v) is 20.0. The summed E-state index contributed by atoms with van der Waals surface area (Å²) in [5.74, 6) is 0.473. The van der Waals surface area contributed by atoms with E-state index in [-0.39, 0.29) is 11.8 Å². The Kier molecular flexibility index (Phi) is 9.09. The number of pyridine rings is 1. The van der Waals surface area contributed by atoms with Gasteiger partial charge >= 0.3 is 0 Å². The Balaban J connectivity index is 1.38. The van der Waals surface area contributed by atoms with E-state index in [4.69, 9.17) is 4.98 Å². The first-order chi connectivity index (χ1) is 16.2. The van der Waals surface area contributed by atoms with Crippen molar-refractivity contribution in [2.24, 2.45) is 0 Å². The van der Waals surface area contributed by atoms with Crippen molar-refractivity contribution in [1.29, 1.82) is 0 Å². The van der Waals surface area contributed by atoms with Gasteiger partial charge in [0.1, 0.15) is 0 Å². The van der Waals surface area contributed by atoms with Crippen molar-refractivity contribution in [1.82, 2.24) is 29.9 Å². The molecule has 3 aliphatic heterocycles. The number of nitrogens with one attached hydrogen (secondary N) is 1. The lowest BCUT2D eigenvalue weighted by Crippen LogP contribution is -2.46. The second kappa shape index (κ2) is 12.4. The Morgan fingerprint density at radius 2 is 1.15 bits per heavy atom. The van der Waals surface area contributed by atoms with Crippen molar-refractivity contribution in [3.63, 3.8) is 0 Å². The highest BCUT2D eigenvalue weighted by molar-refractivity contribution is 5.78. The number of nitrogens with zero attached hydrogens (tertiary/aromatic N) is 5. The van der Waals surface area contributed by atoms with E-state index in [1.807, 2.05) is 21.9 Å². The van der Waals surface area contributed by atoms with E-state index in [1.165, 1.54) is 12.8 Å². The fourth-order valence-electron chi connectivity index (χ4n) is 5.06. The van der Waals surface area contributed by atoms with E-state index in [9.17, 15) is 9.59 Å². The molecule has 3 aliphatic rings. The molecule has 1 aromatic rings. The molecular formula is C25H40N6O2. The number of rotatable bonds is 4. The second-order valence-corrected chi connectivity index (χ2v) is 9.67. The Hall–Kier alpha value is -2.03. The molecule has 0 atom stereocenters. The molecule has 2 saturated heterocycles. The predicted octanol–water partition coefficient (Wildman–Crippen LogP) is 1.31. The first-order valence-electron chi connectivity index (χ1n) is 12.8. The Morgan fingerprint density at radius 3 is 1.61 bits per heavy atom. The van der Waals surface area contributed by atoms with E-state index in [0.717, 1.165) is 89.4 Å². The number of hydrogen-bond donors (Lipinski definition) is 1. The maximum Gasteiger partial charge on any atom is 0.236 e. The molecule has 0 spiro atoms. The number of carbonyl (C=O) groups is 2. The molecule has 2 bridgehead atoms. The monoisotopic (exact) mass is 456 g/mol. The van der Waals surface area contributed by atoms with Crippen LogP contribution in [0, 0.1) is 0 Å². The van der Waals surface area contributed by atoms with Gasteiger partial charge in [0.2, 0.25) is 11.8 Å². The summed E-state index contributed by atoms with van der Waals surface area (Å²) in [6.45, 7) is 9.06. The van der Waals surface area contributed by atoms with Crippen molar-refractivity contribution in [2.75, 3.05) is 65.4 Å². The molecule has 8 heteroatoms. The first-order valence-corrected chi connectivity index (χ1v) is 12.8. The number of hydrogen-bond acceptors (Lipinski definition) is 6. The van der Waals surface area contributed by atoms with Gasteiger partial charge in [-0.3, -0.25) is 24.4 Å². The molecule has 0 aliphatic carbocycles. The maximum absolute atomic E-state index is 12.8. The van der Waals surface area contributed by atoms with Crippen LogP contribution in [0.5, 0.6) is 0 Å². The number of carbonyl (C=O) groups excluding carboxylic acids is 2. The lowest BCUT2D eigenvalue weighted by atomic mass is 10.1.